The number of thioether (sulfide) groups is 1. The lowest BCUT2D eigenvalue weighted by atomic mass is 10.2. The van der Waals surface area contributed by atoms with E-state index >= 15 is 0 Å². The first-order chi connectivity index (χ1) is 16.6. The van der Waals surface area contributed by atoms with Crippen molar-refractivity contribution in [3.8, 4) is 5.75 Å². The molecule has 0 spiro atoms. The number of alkyl halides is 3. The van der Waals surface area contributed by atoms with Crippen LogP contribution in [0.2, 0.25) is 10.0 Å². The molecule has 180 valence electrons. The van der Waals surface area contributed by atoms with E-state index < -0.39 is 23.6 Å². The Balaban J connectivity index is 1.77. The van der Waals surface area contributed by atoms with Crippen molar-refractivity contribution in [2.45, 2.75) is 11.1 Å². The summed E-state index contributed by atoms with van der Waals surface area (Å²) in [5.41, 5.74) is -1.04. The van der Waals surface area contributed by atoms with Gasteiger partial charge in [0.1, 0.15) is 16.4 Å². The quantitative estimate of drug-likeness (QED) is 0.342. The molecule has 3 aromatic carbocycles. The monoisotopic (exact) mass is 538 g/mol. The molecule has 0 unspecified atom stereocenters. The summed E-state index contributed by atoms with van der Waals surface area (Å²) < 4.78 is 45.1. The van der Waals surface area contributed by atoms with Crippen molar-refractivity contribution >= 4 is 58.2 Å². The van der Waals surface area contributed by atoms with E-state index in [1.807, 2.05) is 0 Å². The van der Waals surface area contributed by atoms with E-state index in [-0.39, 0.29) is 21.3 Å². The van der Waals surface area contributed by atoms with E-state index in [0.29, 0.717) is 32.3 Å². The van der Waals surface area contributed by atoms with Gasteiger partial charge in [-0.25, -0.2) is 4.90 Å². The number of methoxy groups -OCH3 is 1. The molecule has 4 rings (SSSR count). The average molecular weight is 539 g/mol. The van der Waals surface area contributed by atoms with Crippen molar-refractivity contribution in [2.24, 2.45) is 0 Å². The number of ether oxygens (including phenoxy) is 1. The Hall–Kier alpha value is -3.14. The van der Waals surface area contributed by atoms with E-state index in [4.69, 9.17) is 27.9 Å². The SMILES string of the molecule is COc1ccc(NC2=C(Sc3ccc(Cl)cc3)C(=O)N(c3cc(C(F)(F)F)ccc3Cl)C2=O)cc1. The third-order valence-electron chi connectivity index (χ3n) is 4.95. The number of nitrogens with zero attached hydrogens (tertiary/aromatic N) is 1. The first-order valence-electron chi connectivity index (χ1n) is 9.93. The Morgan fingerprint density at radius 2 is 1.57 bits per heavy atom. The van der Waals surface area contributed by atoms with Crippen LogP contribution in [0, 0.1) is 0 Å². The molecule has 0 bridgehead atoms. The molecule has 0 aromatic heterocycles. The highest BCUT2D eigenvalue weighted by Crippen LogP contribution is 2.42. The maximum absolute atomic E-state index is 13.4. The number of halogens is 5. The smallest absolute Gasteiger partial charge is 0.416 e. The van der Waals surface area contributed by atoms with Gasteiger partial charge in [-0.1, -0.05) is 35.0 Å². The van der Waals surface area contributed by atoms with E-state index in [2.05, 4.69) is 5.32 Å². The number of nitrogens with one attached hydrogen (secondary N) is 1. The lowest BCUT2D eigenvalue weighted by molar-refractivity contribution is -0.137. The number of hydrogen-bond donors (Lipinski definition) is 1. The van der Waals surface area contributed by atoms with Crippen LogP contribution in [0.4, 0.5) is 24.5 Å². The van der Waals surface area contributed by atoms with Crippen molar-refractivity contribution in [2.75, 3.05) is 17.3 Å². The minimum atomic E-state index is -4.69. The number of benzene rings is 3. The van der Waals surface area contributed by atoms with E-state index in [1.165, 1.54) is 7.11 Å². The average Bonchev–Trinajstić information content (AvgIpc) is 3.04. The summed E-state index contributed by atoms with van der Waals surface area (Å²) in [5.74, 6) is -1.08. The van der Waals surface area contributed by atoms with Crippen LogP contribution in [-0.4, -0.2) is 18.9 Å². The number of hydrogen-bond acceptors (Lipinski definition) is 5. The number of rotatable bonds is 6. The predicted molar refractivity (Wildman–Crippen MR) is 130 cm³/mol. The van der Waals surface area contributed by atoms with Crippen molar-refractivity contribution in [1.82, 2.24) is 0 Å². The highest BCUT2D eigenvalue weighted by Gasteiger charge is 2.42. The molecule has 2 amide bonds. The number of amides is 2. The van der Waals surface area contributed by atoms with Gasteiger partial charge < -0.3 is 10.1 Å². The second kappa shape index (κ2) is 9.85. The molecule has 5 nitrogen and oxygen atoms in total. The largest absolute Gasteiger partial charge is 0.497 e. The zero-order chi connectivity index (χ0) is 25.3. The normalized spacial score (nSPS) is 14.1. The van der Waals surface area contributed by atoms with Gasteiger partial charge in [-0.05, 0) is 66.7 Å². The highest BCUT2D eigenvalue weighted by atomic mass is 35.5. The van der Waals surface area contributed by atoms with E-state index in [9.17, 15) is 22.8 Å². The molecule has 35 heavy (non-hydrogen) atoms. The molecule has 0 fully saturated rings. The summed E-state index contributed by atoms with van der Waals surface area (Å²) in [5, 5.41) is 3.22. The van der Waals surface area contributed by atoms with Gasteiger partial charge >= 0.3 is 6.18 Å². The Kier molecular flexibility index (Phi) is 7.02. The molecular weight excluding hydrogens is 524 g/mol. The van der Waals surface area contributed by atoms with Crippen LogP contribution in [0.3, 0.4) is 0 Å². The lowest BCUT2D eigenvalue weighted by Gasteiger charge is -2.18. The molecule has 1 N–H and O–H groups in total. The van der Waals surface area contributed by atoms with Gasteiger partial charge in [0.2, 0.25) is 0 Å². The summed E-state index contributed by atoms with van der Waals surface area (Å²) in [4.78, 5) is 28.0. The first kappa shape index (κ1) is 25.0. The number of anilines is 2. The van der Waals surface area contributed by atoms with Crippen LogP contribution in [0.25, 0.3) is 0 Å². The molecule has 1 aliphatic rings. The molecular formula is C24H15Cl2F3N2O3S. The standard InChI is InChI=1S/C24H15Cl2F3N2O3S/c1-34-16-7-5-15(6-8-16)30-20-21(35-17-9-3-14(25)4-10-17)23(33)31(22(20)32)19-12-13(24(27,28)29)2-11-18(19)26/h2-12,30H,1H3. The zero-order valence-corrected chi connectivity index (χ0v) is 20.1. The van der Waals surface area contributed by atoms with Gasteiger partial charge in [-0.15, -0.1) is 0 Å². The predicted octanol–water partition coefficient (Wildman–Crippen LogP) is 7.01. The fourth-order valence-electron chi connectivity index (χ4n) is 3.23. The first-order valence-corrected chi connectivity index (χ1v) is 11.5. The van der Waals surface area contributed by atoms with Gasteiger partial charge in [0.25, 0.3) is 11.8 Å². The fourth-order valence-corrected chi connectivity index (χ4v) is 4.49. The molecule has 11 heteroatoms. The lowest BCUT2D eigenvalue weighted by Crippen LogP contribution is -2.33. The van der Waals surface area contributed by atoms with Crippen LogP contribution >= 0.6 is 35.0 Å². The second-order valence-electron chi connectivity index (χ2n) is 7.22. The molecule has 0 saturated carbocycles. The summed E-state index contributed by atoms with van der Waals surface area (Å²) in [6.07, 6.45) is -4.69. The molecule has 3 aromatic rings. The molecule has 0 atom stereocenters. The fraction of sp³-hybridized carbons (Fsp3) is 0.0833. The van der Waals surface area contributed by atoms with Gasteiger partial charge in [-0.3, -0.25) is 9.59 Å². The van der Waals surface area contributed by atoms with Crippen molar-refractivity contribution < 1.29 is 27.5 Å². The van der Waals surface area contributed by atoms with Gasteiger partial charge in [0, 0.05) is 15.6 Å². The van der Waals surface area contributed by atoms with Crippen molar-refractivity contribution in [3.63, 3.8) is 0 Å². The van der Waals surface area contributed by atoms with Crippen LogP contribution in [-0.2, 0) is 15.8 Å². The highest BCUT2D eigenvalue weighted by molar-refractivity contribution is 8.04. The minimum absolute atomic E-state index is 0.0124. The topological polar surface area (TPSA) is 58.6 Å². The Morgan fingerprint density at radius 3 is 2.17 bits per heavy atom. The van der Waals surface area contributed by atoms with Crippen LogP contribution in [0.1, 0.15) is 5.56 Å². The van der Waals surface area contributed by atoms with Crippen molar-refractivity contribution in [3.05, 3.63) is 92.9 Å². The minimum Gasteiger partial charge on any atom is -0.497 e. The van der Waals surface area contributed by atoms with E-state index in [1.54, 1.807) is 48.5 Å². The number of carbonyl (C=O) groups excluding carboxylic acids is 2. The maximum atomic E-state index is 13.4. The van der Waals surface area contributed by atoms with Crippen molar-refractivity contribution in [1.29, 1.82) is 0 Å². The molecule has 0 aliphatic carbocycles. The molecule has 0 saturated heterocycles. The summed E-state index contributed by atoms with van der Waals surface area (Å²) in [6, 6.07) is 15.6. The number of carbonyl (C=O) groups is 2. The van der Waals surface area contributed by atoms with E-state index in [0.717, 1.165) is 23.9 Å². The third-order valence-corrected chi connectivity index (χ3v) is 6.61. The molecule has 1 heterocycles. The van der Waals surface area contributed by atoms with Gasteiger partial charge in [-0.2, -0.15) is 13.2 Å². The third kappa shape index (κ3) is 5.27. The Labute approximate surface area is 212 Å². The Bertz CT molecular complexity index is 1330. The zero-order valence-electron chi connectivity index (χ0n) is 17.8. The van der Waals surface area contributed by atoms with Crippen LogP contribution in [0.15, 0.2) is 82.2 Å². The second-order valence-corrected chi connectivity index (χ2v) is 9.15. The van der Waals surface area contributed by atoms with Crippen LogP contribution in [0.5, 0.6) is 5.75 Å². The molecule has 0 radical (unpaired) electrons. The maximum Gasteiger partial charge on any atom is 0.416 e. The summed E-state index contributed by atoms with van der Waals surface area (Å²) in [7, 11) is 1.50. The van der Waals surface area contributed by atoms with Gasteiger partial charge in [0.15, 0.2) is 0 Å². The Morgan fingerprint density at radius 1 is 0.914 bits per heavy atom. The van der Waals surface area contributed by atoms with Crippen LogP contribution < -0.4 is 15.0 Å². The molecule has 1 aliphatic heterocycles. The summed E-state index contributed by atoms with van der Waals surface area (Å²) in [6.45, 7) is 0. The number of imide groups is 1. The van der Waals surface area contributed by atoms with Gasteiger partial charge in [0.05, 0.1) is 23.4 Å². The summed E-state index contributed by atoms with van der Waals surface area (Å²) >= 11 is 13.0.